The lowest BCUT2D eigenvalue weighted by molar-refractivity contribution is 0.0466. The second-order valence-corrected chi connectivity index (χ2v) is 6.55. The summed E-state index contributed by atoms with van der Waals surface area (Å²) in [6.07, 6.45) is 0. The number of carbonyl (C=O) groups is 2. The van der Waals surface area contributed by atoms with Crippen molar-refractivity contribution in [3.05, 3.63) is 65.7 Å². The molecule has 0 aromatic heterocycles. The van der Waals surface area contributed by atoms with Gasteiger partial charge in [-0.2, -0.15) is 0 Å². The molecule has 29 heavy (non-hydrogen) atoms. The number of rotatable bonds is 8. The molecule has 0 atom stereocenters. The Hall–Kier alpha value is -2.97. The summed E-state index contributed by atoms with van der Waals surface area (Å²) in [5.74, 6) is -0.655. The summed E-state index contributed by atoms with van der Waals surface area (Å²) in [7, 11) is 0. The number of nitrogens with one attached hydrogen (secondary N) is 3. The number of thiocarbonyl (C=S) groups is 1. The Kier molecular flexibility index (Phi) is 9.07. The molecule has 0 aliphatic rings. The standard InChI is InChI=1S/C21H26N4O3S/c1-3-25(4-2)14-15-28-20(27)17-10-12-18(13-11-17)22-21(29)24-23-19(26)16-8-6-5-7-9-16/h5-13H,3-4,14-15H2,1-2H3,(H,23,26)(H2,22,24,29). The molecule has 0 fully saturated rings. The van der Waals surface area contributed by atoms with Gasteiger partial charge in [0.25, 0.3) is 5.91 Å². The fourth-order valence-electron chi connectivity index (χ4n) is 2.52. The topological polar surface area (TPSA) is 82.7 Å². The highest BCUT2D eigenvalue weighted by Crippen LogP contribution is 2.10. The Balaban J connectivity index is 1.77. The van der Waals surface area contributed by atoms with Crippen molar-refractivity contribution >= 4 is 34.9 Å². The van der Waals surface area contributed by atoms with Gasteiger partial charge in [0.15, 0.2) is 5.11 Å². The Morgan fingerprint density at radius 2 is 1.59 bits per heavy atom. The number of hydrogen-bond acceptors (Lipinski definition) is 5. The average Bonchev–Trinajstić information content (AvgIpc) is 2.76. The molecule has 0 radical (unpaired) electrons. The van der Waals surface area contributed by atoms with Gasteiger partial charge in [0, 0.05) is 17.8 Å². The van der Waals surface area contributed by atoms with Gasteiger partial charge >= 0.3 is 5.97 Å². The van der Waals surface area contributed by atoms with Crippen LogP contribution in [0.5, 0.6) is 0 Å². The minimum Gasteiger partial charge on any atom is -0.461 e. The number of likely N-dealkylation sites (N-methyl/N-ethyl adjacent to an activating group) is 1. The normalized spacial score (nSPS) is 10.3. The number of hydrazine groups is 1. The molecular formula is C21H26N4O3S. The zero-order valence-corrected chi connectivity index (χ0v) is 17.4. The van der Waals surface area contributed by atoms with E-state index in [0.29, 0.717) is 30.0 Å². The Bertz CT molecular complexity index is 808. The van der Waals surface area contributed by atoms with Crippen LogP contribution in [0.15, 0.2) is 54.6 Å². The van der Waals surface area contributed by atoms with E-state index >= 15 is 0 Å². The smallest absolute Gasteiger partial charge is 0.338 e. The zero-order chi connectivity index (χ0) is 21.1. The van der Waals surface area contributed by atoms with Crippen molar-refractivity contribution in [1.82, 2.24) is 15.8 Å². The third kappa shape index (κ3) is 7.52. The van der Waals surface area contributed by atoms with Crippen molar-refractivity contribution in [3.63, 3.8) is 0 Å². The summed E-state index contributed by atoms with van der Waals surface area (Å²) in [6.45, 7) is 7.07. The second-order valence-electron chi connectivity index (χ2n) is 6.14. The first-order valence-corrected chi connectivity index (χ1v) is 9.86. The molecule has 154 valence electrons. The minimum absolute atomic E-state index is 0.226. The van der Waals surface area contributed by atoms with E-state index in [0.717, 1.165) is 13.1 Å². The van der Waals surface area contributed by atoms with Gasteiger partial charge in [-0.1, -0.05) is 32.0 Å². The molecule has 1 amide bonds. The number of hydrogen-bond donors (Lipinski definition) is 3. The molecule has 0 spiro atoms. The van der Waals surface area contributed by atoms with Crippen molar-refractivity contribution in [2.45, 2.75) is 13.8 Å². The van der Waals surface area contributed by atoms with E-state index in [4.69, 9.17) is 17.0 Å². The summed E-state index contributed by atoms with van der Waals surface area (Å²) in [6, 6.07) is 15.5. The molecule has 0 saturated heterocycles. The van der Waals surface area contributed by atoms with Gasteiger partial charge < -0.3 is 15.0 Å². The predicted octanol–water partition coefficient (Wildman–Crippen LogP) is 2.82. The van der Waals surface area contributed by atoms with Crippen LogP contribution in [0.1, 0.15) is 34.6 Å². The number of esters is 1. The van der Waals surface area contributed by atoms with Crippen molar-refractivity contribution in [1.29, 1.82) is 0 Å². The maximum absolute atomic E-state index is 12.1. The van der Waals surface area contributed by atoms with Crippen LogP contribution in [0, 0.1) is 0 Å². The minimum atomic E-state index is -0.362. The number of carbonyl (C=O) groups excluding carboxylic acids is 2. The largest absolute Gasteiger partial charge is 0.461 e. The highest BCUT2D eigenvalue weighted by molar-refractivity contribution is 7.80. The van der Waals surface area contributed by atoms with E-state index in [1.165, 1.54) is 0 Å². The quantitative estimate of drug-likeness (QED) is 0.348. The molecule has 0 bridgehead atoms. The van der Waals surface area contributed by atoms with Crippen LogP contribution in [0.3, 0.4) is 0 Å². The first kappa shape index (κ1) is 22.3. The van der Waals surface area contributed by atoms with E-state index in [2.05, 4.69) is 34.9 Å². The lowest BCUT2D eigenvalue weighted by Crippen LogP contribution is -2.43. The number of ether oxygens (including phenoxy) is 1. The summed E-state index contributed by atoms with van der Waals surface area (Å²) < 4.78 is 5.30. The molecule has 7 nitrogen and oxygen atoms in total. The van der Waals surface area contributed by atoms with Crippen LogP contribution in [-0.4, -0.2) is 48.1 Å². The number of nitrogens with zero attached hydrogens (tertiary/aromatic N) is 1. The summed E-state index contributed by atoms with van der Waals surface area (Å²) in [5.41, 5.74) is 6.82. The average molecular weight is 415 g/mol. The SMILES string of the molecule is CCN(CC)CCOC(=O)c1ccc(NC(=S)NNC(=O)c2ccccc2)cc1. The summed E-state index contributed by atoms with van der Waals surface area (Å²) in [5, 5.41) is 3.16. The fourth-order valence-corrected chi connectivity index (χ4v) is 2.69. The van der Waals surface area contributed by atoms with Gasteiger partial charge in [-0.3, -0.25) is 15.6 Å². The first-order chi connectivity index (χ1) is 14.0. The zero-order valence-electron chi connectivity index (χ0n) is 16.6. The molecule has 8 heteroatoms. The molecule has 0 aliphatic carbocycles. The maximum atomic E-state index is 12.1. The Morgan fingerprint density at radius 1 is 0.931 bits per heavy atom. The second kappa shape index (κ2) is 11.8. The molecule has 2 aromatic rings. The maximum Gasteiger partial charge on any atom is 0.338 e. The monoisotopic (exact) mass is 414 g/mol. The van der Waals surface area contributed by atoms with Gasteiger partial charge in [-0.25, -0.2) is 4.79 Å². The van der Waals surface area contributed by atoms with Crippen LogP contribution < -0.4 is 16.2 Å². The molecule has 0 aliphatic heterocycles. The van der Waals surface area contributed by atoms with Gasteiger partial charge in [0.2, 0.25) is 0 Å². The summed E-state index contributed by atoms with van der Waals surface area (Å²) in [4.78, 5) is 26.3. The Labute approximate surface area is 176 Å². The van der Waals surface area contributed by atoms with Crippen LogP contribution in [0.2, 0.25) is 0 Å². The predicted molar refractivity (Wildman–Crippen MR) is 118 cm³/mol. The van der Waals surface area contributed by atoms with Crippen molar-refractivity contribution in [2.75, 3.05) is 31.6 Å². The van der Waals surface area contributed by atoms with Gasteiger partial charge in [0.1, 0.15) is 6.61 Å². The van der Waals surface area contributed by atoms with Crippen LogP contribution in [0.25, 0.3) is 0 Å². The number of benzene rings is 2. The molecule has 0 saturated carbocycles. The van der Waals surface area contributed by atoms with Gasteiger partial charge in [0.05, 0.1) is 5.56 Å². The van der Waals surface area contributed by atoms with Crippen molar-refractivity contribution in [2.24, 2.45) is 0 Å². The number of amides is 1. The molecule has 2 aromatic carbocycles. The molecule has 0 heterocycles. The third-order valence-electron chi connectivity index (χ3n) is 4.24. The van der Waals surface area contributed by atoms with Gasteiger partial charge in [-0.15, -0.1) is 0 Å². The molecular weight excluding hydrogens is 388 g/mol. The van der Waals surface area contributed by atoms with E-state index in [1.807, 2.05) is 6.07 Å². The van der Waals surface area contributed by atoms with Gasteiger partial charge in [-0.05, 0) is 61.7 Å². The van der Waals surface area contributed by atoms with E-state index in [1.54, 1.807) is 48.5 Å². The fraction of sp³-hybridized carbons (Fsp3) is 0.286. The number of anilines is 1. The van der Waals surface area contributed by atoms with Crippen molar-refractivity contribution < 1.29 is 14.3 Å². The van der Waals surface area contributed by atoms with Crippen LogP contribution in [0.4, 0.5) is 5.69 Å². The molecule has 3 N–H and O–H groups in total. The van der Waals surface area contributed by atoms with E-state index in [-0.39, 0.29) is 17.0 Å². The first-order valence-electron chi connectivity index (χ1n) is 9.45. The Morgan fingerprint density at radius 3 is 2.21 bits per heavy atom. The highest BCUT2D eigenvalue weighted by atomic mass is 32.1. The lowest BCUT2D eigenvalue weighted by atomic mass is 10.2. The van der Waals surface area contributed by atoms with Crippen LogP contribution in [-0.2, 0) is 4.74 Å². The van der Waals surface area contributed by atoms with E-state index in [9.17, 15) is 9.59 Å². The third-order valence-corrected chi connectivity index (χ3v) is 4.44. The highest BCUT2D eigenvalue weighted by Gasteiger charge is 2.09. The van der Waals surface area contributed by atoms with Crippen molar-refractivity contribution in [3.8, 4) is 0 Å². The van der Waals surface area contributed by atoms with E-state index < -0.39 is 0 Å². The van der Waals surface area contributed by atoms with Crippen LogP contribution >= 0.6 is 12.2 Å². The molecule has 2 rings (SSSR count). The summed E-state index contributed by atoms with van der Waals surface area (Å²) >= 11 is 5.16. The molecule has 0 unspecified atom stereocenters. The lowest BCUT2D eigenvalue weighted by Gasteiger charge is -2.17.